The minimum atomic E-state index is -1.42. The predicted octanol–water partition coefficient (Wildman–Crippen LogP) is 3.01. The van der Waals surface area contributed by atoms with Crippen LogP contribution >= 0.6 is 0 Å². The quantitative estimate of drug-likeness (QED) is 0.675. The number of rotatable bonds is 5. The molecular formula is C14H10FNO5. The Balaban J connectivity index is 2.19. The second-order valence-electron chi connectivity index (χ2n) is 4.16. The largest absolute Gasteiger partial charge is 0.489 e. The molecule has 0 radical (unpaired) electrons. The molecule has 2 rings (SSSR count). The summed E-state index contributed by atoms with van der Waals surface area (Å²) in [6.45, 7) is 0.0225. The van der Waals surface area contributed by atoms with E-state index in [1.807, 2.05) is 0 Å². The molecule has 0 aliphatic rings. The molecule has 0 atom stereocenters. The van der Waals surface area contributed by atoms with Crippen molar-refractivity contribution in [2.24, 2.45) is 0 Å². The van der Waals surface area contributed by atoms with Crippen LogP contribution in [0, 0.1) is 15.9 Å². The van der Waals surface area contributed by atoms with Crippen molar-refractivity contribution < 1.29 is 24.0 Å². The Morgan fingerprint density at radius 2 is 2.05 bits per heavy atom. The number of hydrogen-bond acceptors (Lipinski definition) is 4. The Bertz CT molecular complexity index is 702. The maximum absolute atomic E-state index is 13.0. The molecule has 2 aromatic rings. The van der Waals surface area contributed by atoms with E-state index < -0.39 is 28.0 Å². The van der Waals surface area contributed by atoms with Gasteiger partial charge in [-0.2, -0.15) is 0 Å². The van der Waals surface area contributed by atoms with Gasteiger partial charge in [0.1, 0.15) is 23.7 Å². The third-order valence-electron chi connectivity index (χ3n) is 2.69. The van der Waals surface area contributed by atoms with Crippen molar-refractivity contribution in [1.82, 2.24) is 0 Å². The molecule has 0 aromatic heterocycles. The van der Waals surface area contributed by atoms with Crippen LogP contribution in [0.3, 0.4) is 0 Å². The van der Waals surface area contributed by atoms with Gasteiger partial charge in [-0.05, 0) is 23.8 Å². The lowest BCUT2D eigenvalue weighted by Gasteiger charge is -2.07. The second-order valence-corrected chi connectivity index (χ2v) is 4.16. The molecule has 21 heavy (non-hydrogen) atoms. The summed E-state index contributed by atoms with van der Waals surface area (Å²) in [4.78, 5) is 20.9. The van der Waals surface area contributed by atoms with E-state index in [4.69, 9.17) is 9.84 Å². The van der Waals surface area contributed by atoms with Crippen LogP contribution in [0.25, 0.3) is 0 Å². The lowest BCUT2D eigenvalue weighted by atomic mass is 10.1. The highest BCUT2D eigenvalue weighted by Gasteiger charge is 2.20. The number of carboxylic acids is 1. The molecule has 0 bridgehead atoms. The van der Waals surface area contributed by atoms with Crippen LogP contribution in [0.1, 0.15) is 15.9 Å². The zero-order chi connectivity index (χ0) is 15.4. The van der Waals surface area contributed by atoms with Gasteiger partial charge in [-0.1, -0.05) is 12.1 Å². The molecule has 0 aliphatic carbocycles. The number of carboxylic acid groups (broad SMARTS) is 1. The summed E-state index contributed by atoms with van der Waals surface area (Å²) >= 11 is 0. The van der Waals surface area contributed by atoms with E-state index in [1.54, 1.807) is 6.07 Å². The first kappa shape index (κ1) is 14.4. The molecule has 0 unspecified atom stereocenters. The smallest absolute Gasteiger partial charge is 0.342 e. The summed E-state index contributed by atoms with van der Waals surface area (Å²) in [7, 11) is 0. The Labute approximate surface area is 118 Å². The van der Waals surface area contributed by atoms with Crippen LogP contribution in [0.15, 0.2) is 42.5 Å². The number of ether oxygens (including phenoxy) is 1. The van der Waals surface area contributed by atoms with Gasteiger partial charge in [0.15, 0.2) is 0 Å². The van der Waals surface area contributed by atoms with Crippen molar-refractivity contribution in [3.8, 4) is 5.75 Å². The first-order valence-electron chi connectivity index (χ1n) is 5.86. The molecule has 1 N–H and O–H groups in total. The normalized spacial score (nSPS) is 10.1. The third kappa shape index (κ3) is 3.53. The Hall–Kier alpha value is -2.96. The summed E-state index contributed by atoms with van der Waals surface area (Å²) < 4.78 is 18.3. The molecule has 108 valence electrons. The maximum Gasteiger partial charge on any atom is 0.342 e. The number of carbonyl (C=O) groups is 1. The summed E-state index contributed by atoms with van der Waals surface area (Å²) in [6.07, 6.45) is 0. The van der Waals surface area contributed by atoms with Gasteiger partial charge in [0, 0.05) is 12.1 Å². The lowest BCUT2D eigenvalue weighted by molar-refractivity contribution is -0.385. The van der Waals surface area contributed by atoms with E-state index in [9.17, 15) is 19.3 Å². The minimum absolute atomic E-state index is 0.0225. The number of nitrogens with zero attached hydrogens (tertiary/aromatic N) is 1. The first-order valence-corrected chi connectivity index (χ1v) is 5.86. The minimum Gasteiger partial charge on any atom is -0.489 e. The van der Waals surface area contributed by atoms with Crippen LogP contribution < -0.4 is 4.74 Å². The van der Waals surface area contributed by atoms with Crippen molar-refractivity contribution >= 4 is 11.7 Å². The van der Waals surface area contributed by atoms with Crippen molar-refractivity contribution in [1.29, 1.82) is 0 Å². The third-order valence-corrected chi connectivity index (χ3v) is 2.69. The van der Waals surface area contributed by atoms with Gasteiger partial charge in [-0.25, -0.2) is 9.18 Å². The van der Waals surface area contributed by atoms with Gasteiger partial charge < -0.3 is 9.84 Å². The Kier molecular flexibility index (Phi) is 4.13. The molecule has 6 nitrogen and oxygen atoms in total. The number of nitro benzene ring substituents is 1. The van der Waals surface area contributed by atoms with Crippen LogP contribution in [0.2, 0.25) is 0 Å². The zero-order valence-corrected chi connectivity index (χ0v) is 10.7. The van der Waals surface area contributed by atoms with Crippen molar-refractivity contribution in [3.05, 3.63) is 69.5 Å². The highest BCUT2D eigenvalue weighted by molar-refractivity contribution is 5.92. The predicted molar refractivity (Wildman–Crippen MR) is 70.8 cm³/mol. The number of halogens is 1. The standard InChI is InChI=1S/C14H10FNO5/c15-10-3-1-2-9(6-10)8-21-11-4-5-13(16(19)20)12(7-11)14(17)18/h1-7H,8H2,(H,17,18). The van der Waals surface area contributed by atoms with E-state index in [0.717, 1.165) is 12.1 Å². The molecule has 0 spiro atoms. The van der Waals surface area contributed by atoms with Gasteiger partial charge in [0.05, 0.1) is 4.92 Å². The Morgan fingerprint density at radius 3 is 2.67 bits per heavy atom. The van der Waals surface area contributed by atoms with Gasteiger partial charge in [0.25, 0.3) is 5.69 Å². The summed E-state index contributed by atoms with van der Waals surface area (Å²) in [6, 6.07) is 9.16. The number of nitro groups is 1. The fourth-order valence-corrected chi connectivity index (χ4v) is 1.73. The van der Waals surface area contributed by atoms with Gasteiger partial charge >= 0.3 is 5.97 Å². The van der Waals surface area contributed by atoms with E-state index in [0.29, 0.717) is 5.56 Å². The zero-order valence-electron chi connectivity index (χ0n) is 10.7. The second kappa shape index (κ2) is 6.00. The van der Waals surface area contributed by atoms with E-state index in [2.05, 4.69) is 0 Å². The summed E-state index contributed by atoms with van der Waals surface area (Å²) in [5.74, 6) is -1.67. The van der Waals surface area contributed by atoms with Crippen LogP contribution in [-0.4, -0.2) is 16.0 Å². The monoisotopic (exact) mass is 291 g/mol. The van der Waals surface area contributed by atoms with Crippen LogP contribution in [0.5, 0.6) is 5.75 Å². The van der Waals surface area contributed by atoms with Crippen molar-refractivity contribution in [3.63, 3.8) is 0 Å². The van der Waals surface area contributed by atoms with Crippen LogP contribution in [0.4, 0.5) is 10.1 Å². The molecule has 0 fully saturated rings. The molecule has 2 aromatic carbocycles. The summed E-state index contributed by atoms with van der Waals surface area (Å²) in [5.41, 5.74) is -0.414. The topological polar surface area (TPSA) is 89.7 Å². The number of benzene rings is 2. The van der Waals surface area contributed by atoms with E-state index in [-0.39, 0.29) is 12.4 Å². The number of aromatic carboxylic acids is 1. The lowest BCUT2D eigenvalue weighted by Crippen LogP contribution is -2.04. The Morgan fingerprint density at radius 1 is 1.29 bits per heavy atom. The fourth-order valence-electron chi connectivity index (χ4n) is 1.73. The van der Waals surface area contributed by atoms with Crippen LogP contribution in [-0.2, 0) is 6.61 Å². The number of hydrogen-bond donors (Lipinski definition) is 1. The summed E-state index contributed by atoms with van der Waals surface area (Å²) in [5, 5.41) is 19.7. The molecule has 0 heterocycles. The van der Waals surface area contributed by atoms with Gasteiger partial charge in [-0.3, -0.25) is 10.1 Å². The highest BCUT2D eigenvalue weighted by atomic mass is 19.1. The molecule has 7 heteroatoms. The van der Waals surface area contributed by atoms with Crippen molar-refractivity contribution in [2.75, 3.05) is 0 Å². The molecule has 0 saturated heterocycles. The highest BCUT2D eigenvalue weighted by Crippen LogP contribution is 2.24. The SMILES string of the molecule is O=C(O)c1cc(OCc2cccc(F)c2)ccc1[N+](=O)[O-]. The molecule has 0 amide bonds. The molecule has 0 saturated carbocycles. The van der Waals surface area contributed by atoms with Gasteiger partial charge in [0.2, 0.25) is 0 Å². The molecule has 0 aliphatic heterocycles. The average molecular weight is 291 g/mol. The fraction of sp³-hybridized carbons (Fsp3) is 0.0714. The average Bonchev–Trinajstić information content (AvgIpc) is 2.44. The van der Waals surface area contributed by atoms with E-state index in [1.165, 1.54) is 24.3 Å². The van der Waals surface area contributed by atoms with E-state index >= 15 is 0 Å². The van der Waals surface area contributed by atoms with Gasteiger partial charge in [-0.15, -0.1) is 0 Å². The first-order chi connectivity index (χ1) is 9.97. The molecular weight excluding hydrogens is 281 g/mol. The van der Waals surface area contributed by atoms with Crippen molar-refractivity contribution in [2.45, 2.75) is 6.61 Å². The maximum atomic E-state index is 13.0.